The highest BCUT2D eigenvalue weighted by molar-refractivity contribution is 6.16. The number of amides is 1. The number of hydrogen-bond acceptors (Lipinski definition) is 3. The van der Waals surface area contributed by atoms with Gasteiger partial charge in [-0.05, 0) is 45.1 Å². The Morgan fingerprint density at radius 3 is 2.82 bits per heavy atom. The first-order valence-corrected chi connectivity index (χ1v) is 6.36. The normalized spacial score (nSPS) is 18.2. The Morgan fingerprint density at radius 2 is 2.24 bits per heavy atom. The van der Waals surface area contributed by atoms with Crippen LogP contribution in [0.4, 0.5) is 0 Å². The van der Waals surface area contributed by atoms with E-state index in [9.17, 15) is 4.79 Å². The fourth-order valence-corrected chi connectivity index (χ4v) is 2.12. The second kappa shape index (κ2) is 5.56. The van der Waals surface area contributed by atoms with Crippen molar-refractivity contribution in [1.29, 1.82) is 0 Å². The number of likely N-dealkylation sites (tertiary alicyclic amines) is 1. The number of rotatable bonds is 3. The summed E-state index contributed by atoms with van der Waals surface area (Å²) in [5.41, 5.74) is 0. The number of alkyl halides is 1. The first-order valence-electron chi connectivity index (χ1n) is 5.83. The number of nitrogens with zero attached hydrogens (tertiary/aromatic N) is 1. The largest absolute Gasteiger partial charge is 0.455 e. The van der Waals surface area contributed by atoms with E-state index in [0.29, 0.717) is 17.4 Å². The smallest absolute Gasteiger partial charge is 0.287 e. The third-order valence-electron chi connectivity index (χ3n) is 3.07. The molecule has 0 spiro atoms. The second-order valence-corrected chi connectivity index (χ2v) is 4.72. The zero-order chi connectivity index (χ0) is 12.3. The third kappa shape index (κ3) is 3.23. The summed E-state index contributed by atoms with van der Waals surface area (Å²) < 4.78 is 5.30. The van der Waals surface area contributed by atoms with Crippen LogP contribution in [0, 0.1) is 0 Å². The van der Waals surface area contributed by atoms with Crippen molar-refractivity contribution in [2.75, 3.05) is 20.1 Å². The summed E-state index contributed by atoms with van der Waals surface area (Å²) in [6, 6.07) is 3.65. The average molecular weight is 257 g/mol. The van der Waals surface area contributed by atoms with Gasteiger partial charge >= 0.3 is 0 Å². The average Bonchev–Trinajstić information content (AvgIpc) is 2.81. The van der Waals surface area contributed by atoms with Crippen molar-refractivity contribution >= 4 is 17.5 Å². The fraction of sp³-hybridized carbons (Fsp3) is 0.583. The molecule has 1 aromatic heterocycles. The number of nitrogens with one attached hydrogen (secondary N) is 1. The van der Waals surface area contributed by atoms with Crippen LogP contribution in [-0.2, 0) is 5.88 Å². The Labute approximate surface area is 106 Å². The van der Waals surface area contributed by atoms with E-state index in [-0.39, 0.29) is 11.9 Å². The van der Waals surface area contributed by atoms with Gasteiger partial charge in [0.25, 0.3) is 5.91 Å². The molecule has 1 aromatic rings. The number of halogens is 1. The summed E-state index contributed by atoms with van der Waals surface area (Å²) in [5.74, 6) is 1.12. The SMILES string of the molecule is CN1CCC(NC(=O)c2ccc(CCl)o2)CC1. The zero-order valence-corrected chi connectivity index (χ0v) is 10.7. The molecule has 0 unspecified atom stereocenters. The molecular weight excluding hydrogens is 240 g/mol. The minimum Gasteiger partial charge on any atom is -0.455 e. The van der Waals surface area contributed by atoms with Gasteiger partial charge in [-0.25, -0.2) is 0 Å². The molecule has 1 aliphatic rings. The first kappa shape index (κ1) is 12.5. The summed E-state index contributed by atoms with van der Waals surface area (Å²) in [6.07, 6.45) is 1.98. The number of hydrogen-bond donors (Lipinski definition) is 1. The van der Waals surface area contributed by atoms with E-state index in [1.54, 1.807) is 12.1 Å². The van der Waals surface area contributed by atoms with Gasteiger partial charge in [0.05, 0.1) is 5.88 Å². The summed E-state index contributed by atoms with van der Waals surface area (Å²) in [5, 5.41) is 2.99. The molecule has 1 fully saturated rings. The fourth-order valence-electron chi connectivity index (χ4n) is 1.98. The van der Waals surface area contributed by atoms with E-state index in [4.69, 9.17) is 16.0 Å². The Hall–Kier alpha value is -1.00. The Kier molecular flexibility index (Phi) is 4.07. The van der Waals surface area contributed by atoms with Crippen LogP contribution >= 0.6 is 11.6 Å². The maximum Gasteiger partial charge on any atom is 0.287 e. The molecule has 2 heterocycles. The van der Waals surface area contributed by atoms with Crippen molar-refractivity contribution in [2.45, 2.75) is 24.8 Å². The van der Waals surface area contributed by atoms with Gasteiger partial charge in [0.15, 0.2) is 5.76 Å². The molecule has 1 aliphatic heterocycles. The van der Waals surface area contributed by atoms with Crippen LogP contribution in [-0.4, -0.2) is 37.0 Å². The van der Waals surface area contributed by atoms with E-state index in [2.05, 4.69) is 17.3 Å². The molecule has 5 heteroatoms. The number of carbonyl (C=O) groups is 1. The summed E-state index contributed by atoms with van der Waals surface area (Å²) >= 11 is 5.62. The summed E-state index contributed by atoms with van der Waals surface area (Å²) in [7, 11) is 2.09. The van der Waals surface area contributed by atoms with E-state index in [0.717, 1.165) is 25.9 Å². The van der Waals surface area contributed by atoms with Crippen molar-refractivity contribution in [2.24, 2.45) is 0 Å². The molecule has 0 atom stereocenters. The zero-order valence-electron chi connectivity index (χ0n) is 9.91. The Bertz CT molecular complexity index is 384. The molecule has 4 nitrogen and oxygen atoms in total. The molecule has 1 N–H and O–H groups in total. The van der Waals surface area contributed by atoms with Crippen molar-refractivity contribution in [3.05, 3.63) is 23.7 Å². The lowest BCUT2D eigenvalue weighted by atomic mass is 10.1. The van der Waals surface area contributed by atoms with Crippen LogP contribution < -0.4 is 5.32 Å². The molecular formula is C12H17ClN2O2. The van der Waals surface area contributed by atoms with Gasteiger partial charge in [-0.2, -0.15) is 0 Å². The first-order chi connectivity index (χ1) is 8.19. The summed E-state index contributed by atoms with van der Waals surface area (Å²) in [6.45, 7) is 2.05. The molecule has 94 valence electrons. The lowest BCUT2D eigenvalue weighted by Crippen LogP contribution is -2.43. The minimum absolute atomic E-state index is 0.143. The number of carbonyl (C=O) groups excluding carboxylic acids is 1. The van der Waals surface area contributed by atoms with Crippen LogP contribution in [0.2, 0.25) is 0 Å². The maximum atomic E-state index is 11.9. The van der Waals surface area contributed by atoms with Gasteiger partial charge in [0.1, 0.15) is 5.76 Å². The van der Waals surface area contributed by atoms with Crippen molar-refractivity contribution in [3.8, 4) is 0 Å². The minimum atomic E-state index is -0.143. The predicted molar refractivity (Wildman–Crippen MR) is 66.3 cm³/mol. The topological polar surface area (TPSA) is 45.5 Å². The van der Waals surface area contributed by atoms with Crippen LogP contribution in [0.5, 0.6) is 0 Å². The molecule has 2 rings (SSSR count). The predicted octanol–water partition coefficient (Wildman–Crippen LogP) is 1.84. The highest BCUT2D eigenvalue weighted by Crippen LogP contribution is 2.12. The molecule has 0 aromatic carbocycles. The number of piperidine rings is 1. The van der Waals surface area contributed by atoms with E-state index < -0.39 is 0 Å². The molecule has 0 radical (unpaired) electrons. The monoisotopic (exact) mass is 256 g/mol. The lowest BCUT2D eigenvalue weighted by Gasteiger charge is -2.29. The molecule has 17 heavy (non-hydrogen) atoms. The second-order valence-electron chi connectivity index (χ2n) is 4.45. The van der Waals surface area contributed by atoms with Crippen molar-refractivity contribution in [1.82, 2.24) is 10.2 Å². The highest BCUT2D eigenvalue weighted by Gasteiger charge is 2.20. The third-order valence-corrected chi connectivity index (χ3v) is 3.33. The standard InChI is InChI=1S/C12H17ClN2O2/c1-15-6-4-9(5-7-15)14-12(16)11-3-2-10(8-13)17-11/h2-3,9H,4-8H2,1H3,(H,14,16). The van der Waals surface area contributed by atoms with Gasteiger partial charge in [-0.15, -0.1) is 11.6 Å². The van der Waals surface area contributed by atoms with Gasteiger partial charge < -0.3 is 14.6 Å². The Morgan fingerprint density at radius 1 is 1.53 bits per heavy atom. The molecule has 1 amide bonds. The van der Waals surface area contributed by atoms with Crippen LogP contribution in [0.25, 0.3) is 0 Å². The van der Waals surface area contributed by atoms with Crippen LogP contribution in [0.3, 0.4) is 0 Å². The van der Waals surface area contributed by atoms with Gasteiger partial charge in [0, 0.05) is 6.04 Å². The lowest BCUT2D eigenvalue weighted by molar-refractivity contribution is 0.0887. The quantitative estimate of drug-likeness (QED) is 0.840. The van der Waals surface area contributed by atoms with Gasteiger partial charge in [0.2, 0.25) is 0 Å². The van der Waals surface area contributed by atoms with E-state index >= 15 is 0 Å². The van der Waals surface area contributed by atoms with Gasteiger partial charge in [-0.3, -0.25) is 4.79 Å². The van der Waals surface area contributed by atoms with Crippen molar-refractivity contribution in [3.63, 3.8) is 0 Å². The van der Waals surface area contributed by atoms with Crippen LogP contribution in [0.1, 0.15) is 29.2 Å². The maximum absolute atomic E-state index is 11.9. The molecule has 0 aliphatic carbocycles. The number of furan rings is 1. The van der Waals surface area contributed by atoms with E-state index in [1.807, 2.05) is 0 Å². The Balaban J connectivity index is 1.88. The summed E-state index contributed by atoms with van der Waals surface area (Å²) in [4.78, 5) is 14.1. The molecule has 1 saturated heterocycles. The van der Waals surface area contributed by atoms with Crippen molar-refractivity contribution < 1.29 is 9.21 Å². The van der Waals surface area contributed by atoms with Crippen LogP contribution in [0.15, 0.2) is 16.5 Å². The highest BCUT2D eigenvalue weighted by atomic mass is 35.5. The molecule has 0 bridgehead atoms. The van der Waals surface area contributed by atoms with E-state index in [1.165, 1.54) is 0 Å². The van der Waals surface area contributed by atoms with Gasteiger partial charge in [-0.1, -0.05) is 0 Å². The molecule has 0 saturated carbocycles.